The van der Waals surface area contributed by atoms with Crippen LogP contribution in [-0.2, 0) is 11.3 Å². The lowest BCUT2D eigenvalue weighted by Gasteiger charge is -2.14. The van der Waals surface area contributed by atoms with Gasteiger partial charge in [0, 0.05) is 17.5 Å². The quantitative estimate of drug-likeness (QED) is 0.496. The molecule has 0 saturated carbocycles. The van der Waals surface area contributed by atoms with E-state index in [1.165, 1.54) is 11.6 Å². The number of esters is 1. The summed E-state index contributed by atoms with van der Waals surface area (Å²) in [4.78, 5) is 37.7. The van der Waals surface area contributed by atoms with Crippen molar-refractivity contribution < 1.29 is 14.3 Å². The van der Waals surface area contributed by atoms with Crippen molar-refractivity contribution in [2.75, 3.05) is 0 Å². The van der Waals surface area contributed by atoms with Crippen molar-refractivity contribution in [1.29, 1.82) is 0 Å². The largest absolute Gasteiger partial charge is 0.449 e. The summed E-state index contributed by atoms with van der Waals surface area (Å²) in [6, 6.07) is 15.4. The van der Waals surface area contributed by atoms with E-state index in [9.17, 15) is 14.4 Å². The second kappa shape index (κ2) is 7.95. The van der Waals surface area contributed by atoms with E-state index in [1.54, 1.807) is 54.6 Å². The van der Waals surface area contributed by atoms with Crippen molar-refractivity contribution in [2.45, 2.75) is 32.9 Å². The number of hydrogen-bond acceptors (Lipinski definition) is 5. The highest BCUT2D eigenvalue weighted by Gasteiger charge is 2.23. The van der Waals surface area contributed by atoms with Gasteiger partial charge in [-0.3, -0.25) is 9.59 Å². The number of ether oxygens (including phenoxy) is 1. The minimum atomic E-state index is -0.966. The highest BCUT2D eigenvalue weighted by molar-refractivity contribution is 6.05. The van der Waals surface area contributed by atoms with Crippen LogP contribution in [-0.4, -0.2) is 27.6 Å². The maximum atomic E-state index is 12.7. The summed E-state index contributed by atoms with van der Waals surface area (Å²) in [6.07, 6.45) is -0.269. The molecule has 1 heterocycles. The molecule has 138 valence electrons. The number of ketones is 1. The van der Waals surface area contributed by atoms with Gasteiger partial charge < -0.3 is 4.74 Å². The molecule has 3 aromatic rings. The van der Waals surface area contributed by atoms with Crippen molar-refractivity contribution in [1.82, 2.24) is 9.78 Å². The third kappa shape index (κ3) is 3.79. The van der Waals surface area contributed by atoms with Gasteiger partial charge in [-0.15, -0.1) is 0 Å². The normalized spacial score (nSPS) is 11.9. The summed E-state index contributed by atoms with van der Waals surface area (Å²) in [7, 11) is 0. The van der Waals surface area contributed by atoms with Crippen LogP contribution in [0.1, 0.15) is 41.1 Å². The zero-order chi connectivity index (χ0) is 19.4. The van der Waals surface area contributed by atoms with Crippen molar-refractivity contribution in [3.05, 3.63) is 76.2 Å². The van der Waals surface area contributed by atoms with Gasteiger partial charge in [0.1, 0.15) is 0 Å². The summed E-state index contributed by atoms with van der Waals surface area (Å²) in [6.45, 7) is 3.84. The van der Waals surface area contributed by atoms with Crippen LogP contribution >= 0.6 is 0 Å². The van der Waals surface area contributed by atoms with Gasteiger partial charge in [0.15, 0.2) is 11.8 Å². The van der Waals surface area contributed by atoms with E-state index in [0.29, 0.717) is 29.3 Å². The number of aromatic nitrogens is 2. The predicted octanol–water partition coefficient (Wildman–Crippen LogP) is 3.23. The highest BCUT2D eigenvalue weighted by atomic mass is 16.5. The van der Waals surface area contributed by atoms with Crippen LogP contribution < -0.4 is 5.56 Å². The zero-order valence-electron chi connectivity index (χ0n) is 15.2. The summed E-state index contributed by atoms with van der Waals surface area (Å²) in [5, 5.41) is 5.01. The molecule has 1 atom stereocenters. The van der Waals surface area contributed by atoms with Crippen LogP contribution in [0.2, 0.25) is 0 Å². The second-order valence-corrected chi connectivity index (χ2v) is 6.20. The van der Waals surface area contributed by atoms with Crippen molar-refractivity contribution in [3.63, 3.8) is 0 Å². The molecule has 0 N–H and O–H groups in total. The molecule has 0 aliphatic carbocycles. The molecule has 0 aliphatic rings. The molecule has 0 saturated heterocycles. The monoisotopic (exact) mass is 364 g/mol. The summed E-state index contributed by atoms with van der Waals surface area (Å²) in [5.74, 6) is -1.03. The van der Waals surface area contributed by atoms with Crippen LogP contribution in [0.3, 0.4) is 0 Å². The molecular formula is C21H20N2O4. The lowest BCUT2D eigenvalue weighted by atomic mass is 10.1. The molecule has 0 radical (unpaired) electrons. The predicted molar refractivity (Wildman–Crippen MR) is 102 cm³/mol. The minimum Gasteiger partial charge on any atom is -0.449 e. The lowest BCUT2D eigenvalue weighted by Crippen LogP contribution is -2.29. The molecule has 1 unspecified atom stereocenters. The minimum absolute atomic E-state index is 0.0337. The molecular weight excluding hydrogens is 344 g/mol. The maximum absolute atomic E-state index is 12.7. The Kier molecular flexibility index (Phi) is 5.45. The Balaban J connectivity index is 1.94. The van der Waals surface area contributed by atoms with Crippen LogP contribution in [0, 0.1) is 0 Å². The van der Waals surface area contributed by atoms with Gasteiger partial charge in [-0.2, -0.15) is 5.10 Å². The van der Waals surface area contributed by atoms with E-state index in [-0.39, 0.29) is 17.0 Å². The first kappa shape index (κ1) is 18.5. The summed E-state index contributed by atoms with van der Waals surface area (Å²) < 4.78 is 6.63. The standard InChI is InChI=1S/C21H20N2O4/c1-3-13-23-20(25)17-12-8-7-11-16(17)18(22-23)21(26)27-14(2)19(24)15-9-5-4-6-10-15/h4-12,14H,3,13H2,1-2H3. The molecule has 0 fully saturated rings. The third-order valence-electron chi connectivity index (χ3n) is 4.21. The Morgan fingerprint density at radius 3 is 2.33 bits per heavy atom. The lowest BCUT2D eigenvalue weighted by molar-refractivity contribution is 0.0313. The van der Waals surface area contributed by atoms with Gasteiger partial charge in [0.25, 0.3) is 5.56 Å². The fourth-order valence-corrected chi connectivity index (χ4v) is 2.86. The van der Waals surface area contributed by atoms with Crippen molar-refractivity contribution >= 4 is 22.5 Å². The van der Waals surface area contributed by atoms with E-state index in [2.05, 4.69) is 5.10 Å². The first-order valence-corrected chi connectivity index (χ1v) is 8.83. The maximum Gasteiger partial charge on any atom is 0.360 e. The number of benzene rings is 2. The summed E-state index contributed by atoms with van der Waals surface area (Å²) in [5.41, 5.74) is 0.246. The van der Waals surface area contributed by atoms with Crippen LogP contribution in [0.25, 0.3) is 10.8 Å². The molecule has 0 bridgehead atoms. The van der Waals surface area contributed by atoms with E-state index in [0.717, 1.165) is 0 Å². The van der Waals surface area contributed by atoms with Crippen molar-refractivity contribution in [3.8, 4) is 0 Å². The zero-order valence-corrected chi connectivity index (χ0v) is 15.2. The third-order valence-corrected chi connectivity index (χ3v) is 4.21. The average molecular weight is 364 g/mol. The SMILES string of the molecule is CCCn1nc(C(=O)OC(C)C(=O)c2ccccc2)c2ccccc2c1=O. The number of fused-ring (bicyclic) bond motifs is 1. The topological polar surface area (TPSA) is 78.3 Å². The Bertz CT molecular complexity index is 1040. The van der Waals surface area contributed by atoms with E-state index in [1.807, 2.05) is 6.92 Å². The van der Waals surface area contributed by atoms with Gasteiger partial charge in [-0.25, -0.2) is 9.48 Å². The van der Waals surface area contributed by atoms with Gasteiger partial charge >= 0.3 is 5.97 Å². The molecule has 27 heavy (non-hydrogen) atoms. The number of nitrogens with zero attached hydrogens (tertiary/aromatic N) is 2. The Labute approximate surface area is 156 Å². The van der Waals surface area contributed by atoms with E-state index >= 15 is 0 Å². The van der Waals surface area contributed by atoms with E-state index < -0.39 is 12.1 Å². The number of carbonyl (C=O) groups is 2. The Morgan fingerprint density at radius 1 is 1.04 bits per heavy atom. The van der Waals surface area contributed by atoms with Gasteiger partial charge in [-0.05, 0) is 19.4 Å². The fraction of sp³-hybridized carbons (Fsp3) is 0.238. The molecule has 1 aromatic heterocycles. The fourth-order valence-electron chi connectivity index (χ4n) is 2.86. The Morgan fingerprint density at radius 2 is 1.67 bits per heavy atom. The van der Waals surface area contributed by atoms with Crippen LogP contribution in [0.4, 0.5) is 0 Å². The molecule has 6 heteroatoms. The average Bonchev–Trinajstić information content (AvgIpc) is 2.70. The summed E-state index contributed by atoms with van der Waals surface area (Å²) >= 11 is 0. The number of aryl methyl sites for hydroxylation is 1. The van der Waals surface area contributed by atoms with Gasteiger partial charge in [0.2, 0.25) is 5.78 Å². The molecule has 0 aliphatic heterocycles. The van der Waals surface area contributed by atoms with Gasteiger partial charge in [-0.1, -0.05) is 55.5 Å². The van der Waals surface area contributed by atoms with Crippen LogP contribution in [0.5, 0.6) is 0 Å². The molecule has 0 amide bonds. The molecule has 6 nitrogen and oxygen atoms in total. The van der Waals surface area contributed by atoms with Crippen LogP contribution in [0.15, 0.2) is 59.4 Å². The number of rotatable bonds is 6. The molecule has 3 rings (SSSR count). The number of carbonyl (C=O) groups excluding carboxylic acids is 2. The van der Waals surface area contributed by atoms with Gasteiger partial charge in [0.05, 0.1) is 5.39 Å². The Hall–Kier alpha value is -3.28. The highest BCUT2D eigenvalue weighted by Crippen LogP contribution is 2.16. The number of Topliss-reactive ketones (excluding diaryl/α,β-unsaturated/α-hetero) is 1. The smallest absolute Gasteiger partial charge is 0.360 e. The second-order valence-electron chi connectivity index (χ2n) is 6.20. The first-order chi connectivity index (χ1) is 13.0. The first-order valence-electron chi connectivity index (χ1n) is 8.83. The molecule has 2 aromatic carbocycles. The van der Waals surface area contributed by atoms with E-state index in [4.69, 9.17) is 4.74 Å². The number of hydrogen-bond donors (Lipinski definition) is 0. The van der Waals surface area contributed by atoms with Crippen molar-refractivity contribution in [2.24, 2.45) is 0 Å². The molecule has 0 spiro atoms.